The third-order valence-corrected chi connectivity index (χ3v) is 5.18. The lowest BCUT2D eigenvalue weighted by Crippen LogP contribution is -2.16. The van der Waals surface area contributed by atoms with Gasteiger partial charge in [-0.2, -0.15) is 10.2 Å². The molecule has 0 amide bonds. The number of phenols is 1. The standard InChI is InChI=1S/C24H22N4O3/c1-16-3-7-18(8-4-16)23-14-25-27(30-23)20-11-21(13-22(29)12-20)28-26-15-24(31-28)19-9-5-17(2)6-10-19/h3-15,23-24,29H,1-2H3. The van der Waals surface area contributed by atoms with E-state index in [1.54, 1.807) is 30.6 Å². The number of aromatic hydroxyl groups is 1. The molecule has 3 aromatic rings. The average molecular weight is 414 g/mol. The minimum absolute atomic E-state index is 0.0580. The van der Waals surface area contributed by atoms with Crippen LogP contribution in [0.2, 0.25) is 0 Å². The molecule has 2 unspecified atom stereocenters. The van der Waals surface area contributed by atoms with E-state index in [2.05, 4.69) is 10.2 Å². The molecule has 2 aliphatic heterocycles. The molecule has 0 fully saturated rings. The summed E-state index contributed by atoms with van der Waals surface area (Å²) in [7, 11) is 0. The third kappa shape index (κ3) is 4.01. The van der Waals surface area contributed by atoms with Gasteiger partial charge in [-0.1, -0.05) is 59.7 Å². The van der Waals surface area contributed by atoms with Gasteiger partial charge in [0.2, 0.25) is 0 Å². The summed E-state index contributed by atoms with van der Waals surface area (Å²) in [6.07, 6.45) is 2.87. The zero-order chi connectivity index (χ0) is 21.4. The topological polar surface area (TPSA) is 69.9 Å². The number of anilines is 2. The smallest absolute Gasteiger partial charge is 0.150 e. The van der Waals surface area contributed by atoms with Crippen LogP contribution in [0.15, 0.2) is 76.9 Å². The first-order chi connectivity index (χ1) is 15.0. The van der Waals surface area contributed by atoms with E-state index in [1.165, 1.54) is 21.5 Å². The number of rotatable bonds is 4. The molecule has 2 aliphatic rings. The van der Waals surface area contributed by atoms with Gasteiger partial charge in [-0.3, -0.25) is 0 Å². The third-order valence-electron chi connectivity index (χ3n) is 5.18. The van der Waals surface area contributed by atoms with E-state index in [4.69, 9.17) is 9.68 Å². The highest BCUT2D eigenvalue weighted by Crippen LogP contribution is 2.35. The SMILES string of the molecule is Cc1ccc(C2C=NN(c3cc(O)cc(N4N=CC(c5ccc(C)cc5)O4)c3)O2)cc1. The molecular weight excluding hydrogens is 392 g/mol. The highest BCUT2D eigenvalue weighted by atomic mass is 16.7. The molecule has 7 nitrogen and oxygen atoms in total. The fourth-order valence-electron chi connectivity index (χ4n) is 3.43. The second kappa shape index (κ2) is 7.86. The Kier molecular flexibility index (Phi) is 4.89. The lowest BCUT2D eigenvalue weighted by Gasteiger charge is -2.20. The normalized spacial score (nSPS) is 20.1. The van der Waals surface area contributed by atoms with Gasteiger partial charge in [0.1, 0.15) is 18.0 Å². The Morgan fingerprint density at radius 3 is 1.52 bits per heavy atom. The zero-order valence-electron chi connectivity index (χ0n) is 17.2. The summed E-state index contributed by atoms with van der Waals surface area (Å²) in [5, 5.41) is 21.7. The van der Waals surface area contributed by atoms with Crippen molar-refractivity contribution in [3.63, 3.8) is 0 Å². The summed E-state index contributed by atoms with van der Waals surface area (Å²) in [4.78, 5) is 11.9. The molecule has 1 N–H and O–H groups in total. The number of hydrazone groups is 2. The van der Waals surface area contributed by atoms with Crippen LogP contribution in [0, 0.1) is 13.8 Å². The molecule has 0 aromatic heterocycles. The van der Waals surface area contributed by atoms with Gasteiger partial charge in [-0.05, 0) is 31.0 Å². The number of hydrogen-bond acceptors (Lipinski definition) is 7. The molecule has 3 aromatic carbocycles. The first-order valence-electron chi connectivity index (χ1n) is 10.0. The molecule has 31 heavy (non-hydrogen) atoms. The first-order valence-corrected chi connectivity index (χ1v) is 10.0. The van der Waals surface area contributed by atoms with Gasteiger partial charge >= 0.3 is 0 Å². The van der Waals surface area contributed by atoms with Crippen LogP contribution in [-0.2, 0) is 9.68 Å². The molecule has 5 rings (SSSR count). The molecule has 0 saturated heterocycles. The molecule has 0 bridgehead atoms. The second-order valence-corrected chi connectivity index (χ2v) is 7.66. The largest absolute Gasteiger partial charge is 0.508 e. The van der Waals surface area contributed by atoms with Crippen molar-refractivity contribution in [1.82, 2.24) is 0 Å². The molecule has 2 atom stereocenters. The molecule has 2 heterocycles. The number of hydrogen-bond donors (Lipinski definition) is 1. The van der Waals surface area contributed by atoms with Crippen LogP contribution in [0.3, 0.4) is 0 Å². The van der Waals surface area contributed by atoms with Crippen molar-refractivity contribution in [3.8, 4) is 5.75 Å². The Hall–Kier alpha value is -3.68. The predicted octanol–water partition coefficient (Wildman–Crippen LogP) is 4.97. The molecule has 0 radical (unpaired) electrons. The number of phenolic OH excluding ortho intramolecular Hbond substituents is 1. The van der Waals surface area contributed by atoms with Crippen molar-refractivity contribution >= 4 is 23.8 Å². The fraction of sp³-hybridized carbons (Fsp3) is 0.167. The maximum Gasteiger partial charge on any atom is 0.150 e. The van der Waals surface area contributed by atoms with E-state index >= 15 is 0 Å². The summed E-state index contributed by atoms with van der Waals surface area (Å²) in [5.41, 5.74) is 5.51. The Labute approximate surface area is 180 Å². The summed E-state index contributed by atoms with van der Waals surface area (Å²) in [5.74, 6) is 0.0580. The van der Waals surface area contributed by atoms with Crippen LogP contribution < -0.4 is 10.3 Å². The Balaban J connectivity index is 1.32. The van der Waals surface area contributed by atoms with Gasteiger partial charge in [-0.25, -0.2) is 9.68 Å². The van der Waals surface area contributed by atoms with Crippen LogP contribution >= 0.6 is 0 Å². The van der Waals surface area contributed by atoms with Crippen LogP contribution in [0.1, 0.15) is 34.5 Å². The molecule has 7 heteroatoms. The Morgan fingerprint density at radius 1 is 0.677 bits per heavy atom. The van der Waals surface area contributed by atoms with Gasteiger partial charge in [0, 0.05) is 12.1 Å². The molecule has 156 valence electrons. The van der Waals surface area contributed by atoms with Crippen molar-refractivity contribution in [2.45, 2.75) is 26.1 Å². The van der Waals surface area contributed by atoms with Crippen molar-refractivity contribution in [2.24, 2.45) is 10.2 Å². The van der Waals surface area contributed by atoms with Crippen molar-refractivity contribution in [2.75, 3.05) is 10.3 Å². The minimum Gasteiger partial charge on any atom is -0.508 e. The monoisotopic (exact) mass is 414 g/mol. The molecule has 0 aliphatic carbocycles. The minimum atomic E-state index is -0.293. The van der Waals surface area contributed by atoms with Crippen LogP contribution in [0.4, 0.5) is 11.4 Å². The maximum atomic E-state index is 10.3. The van der Waals surface area contributed by atoms with E-state index in [0.717, 1.165) is 11.1 Å². The van der Waals surface area contributed by atoms with Crippen molar-refractivity contribution in [1.29, 1.82) is 0 Å². The van der Waals surface area contributed by atoms with E-state index < -0.39 is 0 Å². The summed E-state index contributed by atoms with van der Waals surface area (Å²) in [6.45, 7) is 4.08. The lowest BCUT2D eigenvalue weighted by atomic mass is 10.1. The van der Waals surface area contributed by atoms with E-state index in [9.17, 15) is 5.11 Å². The van der Waals surface area contributed by atoms with Gasteiger partial charge < -0.3 is 5.11 Å². The Bertz CT molecular complexity index is 1050. The highest BCUT2D eigenvalue weighted by molar-refractivity contribution is 5.73. The van der Waals surface area contributed by atoms with Crippen LogP contribution in [0.5, 0.6) is 5.75 Å². The predicted molar refractivity (Wildman–Crippen MR) is 120 cm³/mol. The van der Waals surface area contributed by atoms with Crippen molar-refractivity contribution in [3.05, 3.63) is 89.0 Å². The molecular formula is C24H22N4O3. The second-order valence-electron chi connectivity index (χ2n) is 7.66. The quantitative estimate of drug-likeness (QED) is 0.653. The summed E-state index contributed by atoms with van der Waals surface area (Å²) >= 11 is 0. The Morgan fingerprint density at radius 2 is 1.10 bits per heavy atom. The summed E-state index contributed by atoms with van der Waals surface area (Å²) in [6, 6.07) is 21.2. The summed E-state index contributed by atoms with van der Waals surface area (Å²) < 4.78 is 0. The number of aryl methyl sites for hydroxylation is 2. The molecule has 0 saturated carbocycles. The van der Waals surface area contributed by atoms with E-state index in [0.29, 0.717) is 11.4 Å². The average Bonchev–Trinajstić information content (AvgIpc) is 3.45. The van der Waals surface area contributed by atoms with Crippen LogP contribution in [0.25, 0.3) is 0 Å². The highest BCUT2D eigenvalue weighted by Gasteiger charge is 2.26. The maximum absolute atomic E-state index is 10.3. The molecule has 0 spiro atoms. The zero-order valence-corrected chi connectivity index (χ0v) is 17.2. The van der Waals surface area contributed by atoms with Gasteiger partial charge in [0.25, 0.3) is 0 Å². The van der Waals surface area contributed by atoms with Gasteiger partial charge in [0.05, 0.1) is 23.8 Å². The fourth-order valence-corrected chi connectivity index (χ4v) is 3.43. The van der Waals surface area contributed by atoms with E-state index in [-0.39, 0.29) is 18.0 Å². The van der Waals surface area contributed by atoms with E-state index in [1.807, 2.05) is 62.4 Å². The number of nitrogens with zero attached hydrogens (tertiary/aromatic N) is 4. The first kappa shape index (κ1) is 19.3. The van der Waals surface area contributed by atoms with Gasteiger partial charge in [-0.15, -0.1) is 10.3 Å². The van der Waals surface area contributed by atoms with Crippen molar-refractivity contribution < 1.29 is 14.8 Å². The number of benzene rings is 3. The lowest BCUT2D eigenvalue weighted by molar-refractivity contribution is 0.0959. The van der Waals surface area contributed by atoms with Gasteiger partial charge in [0.15, 0.2) is 0 Å². The van der Waals surface area contributed by atoms with Crippen LogP contribution in [-0.4, -0.2) is 17.5 Å².